The first-order valence-electron chi connectivity index (χ1n) is 15.6. The summed E-state index contributed by atoms with van der Waals surface area (Å²) in [6, 6.07) is 61.3. The number of rotatable bonds is 2. The van der Waals surface area contributed by atoms with Crippen molar-refractivity contribution in [3.63, 3.8) is 0 Å². The molecule has 2 aliphatic carbocycles. The van der Waals surface area contributed by atoms with Crippen LogP contribution in [0.15, 0.2) is 164 Å². The van der Waals surface area contributed by atoms with Crippen molar-refractivity contribution in [3.8, 4) is 44.5 Å². The Bertz CT molecular complexity index is 2200. The van der Waals surface area contributed by atoms with Crippen molar-refractivity contribution >= 4 is 23.1 Å². The van der Waals surface area contributed by atoms with Crippen LogP contribution in [0.3, 0.4) is 0 Å². The van der Waals surface area contributed by atoms with Crippen LogP contribution in [0.5, 0.6) is 0 Å². The molecule has 0 amide bonds. The van der Waals surface area contributed by atoms with Crippen molar-refractivity contribution in [2.24, 2.45) is 0 Å². The molecule has 0 saturated heterocycles. The summed E-state index contributed by atoms with van der Waals surface area (Å²) in [5.74, 6) is 0. The number of hydrogen-bond donors (Lipinski definition) is 0. The normalized spacial score (nSPS) is 14.0. The standard InChI is InChI=1S/C43H27B/c1-6-18-36-31(12-1)32-13-2-7-19-37(32)43(36)38-20-8-3-16-35(38)42-30(17-11-21-39(42)43)28-24-26-29(27-25-28)44-40-22-9-4-14-33(40)34-15-5-10-23-41(34)44/h1-27H. The zero-order valence-corrected chi connectivity index (χ0v) is 24.2. The van der Waals surface area contributed by atoms with Crippen LogP contribution in [0.1, 0.15) is 22.3 Å². The van der Waals surface area contributed by atoms with Gasteiger partial charge in [-0.25, -0.2) is 0 Å². The van der Waals surface area contributed by atoms with E-state index in [0.717, 1.165) is 0 Å². The van der Waals surface area contributed by atoms with Crippen LogP contribution in [0.2, 0.25) is 0 Å². The van der Waals surface area contributed by atoms with Gasteiger partial charge in [0.05, 0.1) is 5.41 Å². The molecular weight excluding hydrogens is 527 g/mol. The van der Waals surface area contributed by atoms with Crippen LogP contribution in [0.4, 0.5) is 0 Å². The molecule has 0 aromatic heterocycles. The molecule has 1 spiro atoms. The lowest BCUT2D eigenvalue weighted by atomic mass is 9.39. The first kappa shape index (κ1) is 24.1. The highest BCUT2D eigenvalue weighted by atomic mass is 14.5. The van der Waals surface area contributed by atoms with E-state index in [1.807, 2.05) is 0 Å². The first-order chi connectivity index (χ1) is 21.9. The monoisotopic (exact) mass is 554 g/mol. The Balaban J connectivity index is 1.17. The minimum absolute atomic E-state index is 0.258. The van der Waals surface area contributed by atoms with Gasteiger partial charge in [-0.15, -0.1) is 0 Å². The first-order valence-corrected chi connectivity index (χ1v) is 15.6. The predicted molar refractivity (Wildman–Crippen MR) is 185 cm³/mol. The fourth-order valence-corrected chi connectivity index (χ4v) is 8.75. The summed E-state index contributed by atoms with van der Waals surface area (Å²) in [4.78, 5) is 0. The smallest absolute Gasteiger partial charge is 0.0686 e. The van der Waals surface area contributed by atoms with E-state index in [4.69, 9.17) is 0 Å². The minimum Gasteiger partial charge on any atom is -0.0686 e. The SMILES string of the molecule is c1ccc2c(c1)B(c1ccc(-c3cccc4c3-c3ccccc3C43c4ccccc4-c4ccccc43)cc1)c1ccccc1-2. The summed E-state index contributed by atoms with van der Waals surface area (Å²) in [5.41, 5.74) is 20.0. The second-order valence-electron chi connectivity index (χ2n) is 12.3. The van der Waals surface area contributed by atoms with Gasteiger partial charge in [-0.2, -0.15) is 0 Å². The Hall–Kier alpha value is -5.40. The second kappa shape index (κ2) is 8.82. The molecule has 0 unspecified atom stereocenters. The van der Waals surface area contributed by atoms with Gasteiger partial charge in [0.1, 0.15) is 0 Å². The summed E-state index contributed by atoms with van der Waals surface area (Å²) in [6.07, 6.45) is 0. The van der Waals surface area contributed by atoms with Gasteiger partial charge in [-0.3, -0.25) is 0 Å². The van der Waals surface area contributed by atoms with E-state index in [1.54, 1.807) is 0 Å². The highest BCUT2D eigenvalue weighted by Gasteiger charge is 2.51. The highest BCUT2D eigenvalue weighted by Crippen LogP contribution is 2.63. The summed E-state index contributed by atoms with van der Waals surface area (Å²) in [5, 5.41) is 0. The molecule has 1 heterocycles. The Morgan fingerprint density at radius 2 is 0.750 bits per heavy atom. The van der Waals surface area contributed by atoms with Crippen LogP contribution in [-0.2, 0) is 5.41 Å². The van der Waals surface area contributed by atoms with Crippen LogP contribution in [-0.4, -0.2) is 6.71 Å². The highest BCUT2D eigenvalue weighted by molar-refractivity contribution is 6.99. The van der Waals surface area contributed by atoms with E-state index in [0.29, 0.717) is 0 Å². The fraction of sp³-hybridized carbons (Fsp3) is 0.0233. The molecule has 202 valence electrons. The van der Waals surface area contributed by atoms with Crippen LogP contribution < -0.4 is 16.4 Å². The van der Waals surface area contributed by atoms with Gasteiger partial charge in [0.2, 0.25) is 6.71 Å². The second-order valence-corrected chi connectivity index (χ2v) is 12.3. The maximum Gasteiger partial charge on any atom is 0.242 e. The molecule has 7 aromatic rings. The molecule has 1 aliphatic heterocycles. The molecule has 0 bridgehead atoms. The summed E-state index contributed by atoms with van der Waals surface area (Å²) in [7, 11) is 0. The predicted octanol–water partition coefficient (Wildman–Crippen LogP) is 8.19. The van der Waals surface area contributed by atoms with Gasteiger partial charge in [0.15, 0.2) is 0 Å². The fourth-order valence-electron chi connectivity index (χ4n) is 8.75. The zero-order chi connectivity index (χ0) is 28.8. The van der Waals surface area contributed by atoms with Gasteiger partial charge < -0.3 is 0 Å². The third-order valence-corrected chi connectivity index (χ3v) is 10.4. The van der Waals surface area contributed by atoms with E-state index >= 15 is 0 Å². The molecule has 0 saturated carbocycles. The number of hydrogen-bond acceptors (Lipinski definition) is 0. The van der Waals surface area contributed by atoms with Crippen molar-refractivity contribution < 1.29 is 0 Å². The third-order valence-electron chi connectivity index (χ3n) is 10.4. The molecule has 0 nitrogen and oxygen atoms in total. The van der Waals surface area contributed by atoms with E-state index in [1.165, 1.54) is 83.1 Å². The summed E-state index contributed by atoms with van der Waals surface area (Å²) >= 11 is 0. The van der Waals surface area contributed by atoms with Gasteiger partial charge in [-0.05, 0) is 66.8 Å². The van der Waals surface area contributed by atoms with Gasteiger partial charge in [0.25, 0.3) is 0 Å². The summed E-state index contributed by atoms with van der Waals surface area (Å²) in [6.45, 7) is 0.258. The Labute approximate surface area is 258 Å². The molecule has 3 aliphatic rings. The average molecular weight is 555 g/mol. The van der Waals surface area contributed by atoms with Gasteiger partial charge in [-0.1, -0.05) is 180 Å². The average Bonchev–Trinajstić information content (AvgIpc) is 3.71. The topological polar surface area (TPSA) is 0 Å². The van der Waals surface area contributed by atoms with Crippen LogP contribution in [0, 0.1) is 0 Å². The van der Waals surface area contributed by atoms with E-state index in [-0.39, 0.29) is 12.1 Å². The Morgan fingerprint density at radius 1 is 0.318 bits per heavy atom. The minimum atomic E-state index is -0.313. The van der Waals surface area contributed by atoms with Crippen molar-refractivity contribution in [2.75, 3.05) is 0 Å². The third kappa shape index (κ3) is 2.94. The van der Waals surface area contributed by atoms with Crippen molar-refractivity contribution in [2.45, 2.75) is 5.41 Å². The number of benzene rings is 7. The maximum absolute atomic E-state index is 2.37. The molecule has 0 fully saturated rings. The number of fused-ring (bicyclic) bond motifs is 13. The lowest BCUT2D eigenvalue weighted by Gasteiger charge is -2.30. The van der Waals surface area contributed by atoms with E-state index < -0.39 is 0 Å². The lowest BCUT2D eigenvalue weighted by molar-refractivity contribution is 0.794. The molecule has 0 radical (unpaired) electrons. The lowest BCUT2D eigenvalue weighted by Crippen LogP contribution is -2.48. The molecule has 7 aromatic carbocycles. The zero-order valence-electron chi connectivity index (χ0n) is 24.2. The Kier molecular flexibility index (Phi) is 4.83. The van der Waals surface area contributed by atoms with Gasteiger partial charge in [0, 0.05) is 0 Å². The molecule has 44 heavy (non-hydrogen) atoms. The van der Waals surface area contributed by atoms with Crippen molar-refractivity contribution in [1.29, 1.82) is 0 Å². The molecular formula is C43H27B. The van der Waals surface area contributed by atoms with Gasteiger partial charge >= 0.3 is 0 Å². The van der Waals surface area contributed by atoms with E-state index in [9.17, 15) is 0 Å². The quantitative estimate of drug-likeness (QED) is 0.189. The van der Waals surface area contributed by atoms with Crippen LogP contribution >= 0.6 is 0 Å². The maximum atomic E-state index is 2.37. The van der Waals surface area contributed by atoms with E-state index in [2.05, 4.69) is 164 Å². The largest absolute Gasteiger partial charge is 0.242 e. The Morgan fingerprint density at radius 3 is 1.34 bits per heavy atom. The van der Waals surface area contributed by atoms with Crippen molar-refractivity contribution in [3.05, 3.63) is 186 Å². The molecule has 0 atom stereocenters. The van der Waals surface area contributed by atoms with Crippen molar-refractivity contribution in [1.82, 2.24) is 0 Å². The van der Waals surface area contributed by atoms with Crippen LogP contribution in [0.25, 0.3) is 44.5 Å². The summed E-state index contributed by atoms with van der Waals surface area (Å²) < 4.78 is 0. The molecule has 0 N–H and O–H groups in total. The molecule has 1 heteroatoms. The molecule has 10 rings (SSSR count).